The topological polar surface area (TPSA) is 25.9 Å². The molecule has 388 valence electrons. The van der Waals surface area contributed by atoms with E-state index < -0.39 is 0 Å². The van der Waals surface area contributed by atoms with Crippen LogP contribution < -0.4 is 38.5 Å². The second-order valence-electron chi connectivity index (χ2n) is 21.7. The Bertz CT molecular complexity index is 4390. The molecule has 13 heteroatoms. The van der Waals surface area contributed by atoms with Gasteiger partial charge in [0.2, 0.25) is 0 Å². The fourth-order valence-electron chi connectivity index (χ4n) is 13.5. The predicted molar refractivity (Wildman–Crippen MR) is 357 cm³/mol. The molecule has 9 aromatic carbocycles. The van der Waals surface area contributed by atoms with E-state index in [9.17, 15) is 0 Å². The molecule has 0 amide bonds. The molecule has 0 unspecified atom stereocenters. The number of anilines is 12. The third-order valence-electron chi connectivity index (χ3n) is 17.2. The van der Waals surface area contributed by atoms with E-state index in [2.05, 4.69) is 342 Å². The van der Waals surface area contributed by atoms with E-state index in [0.717, 1.165) is 0 Å². The number of allylic oxidation sites excluding steroid dienone is 8. The van der Waals surface area contributed by atoms with Gasteiger partial charge in [0.15, 0.2) is 0 Å². The summed E-state index contributed by atoms with van der Waals surface area (Å²) < 4.78 is 2.66. The van der Waals surface area contributed by atoms with Gasteiger partial charge in [-0.05, 0) is 168 Å². The van der Waals surface area contributed by atoms with Crippen LogP contribution >= 0.6 is 11.3 Å². The molecule has 1 aromatic heterocycles. The molecule has 0 bridgehead atoms. The Morgan fingerprint density at radius 3 is 0.988 bits per heavy atom. The van der Waals surface area contributed by atoms with Crippen molar-refractivity contribution in [3.8, 4) is 22.3 Å². The Hall–Kier alpha value is -10.2. The van der Waals surface area contributed by atoms with Crippen molar-refractivity contribution in [3.05, 3.63) is 304 Å². The smallest absolute Gasteiger partial charge is 0.366 e. The zero-order valence-electron chi connectivity index (χ0n) is 45.2. The lowest BCUT2D eigenvalue weighted by Crippen LogP contribution is -2.42. The second-order valence-corrected chi connectivity index (χ2v) is 22.8. The summed E-state index contributed by atoms with van der Waals surface area (Å²) in [4.78, 5) is 19.3. The first-order valence-corrected chi connectivity index (χ1v) is 29.3. The van der Waals surface area contributed by atoms with Gasteiger partial charge < -0.3 is 38.5 Å². The van der Waals surface area contributed by atoms with Crippen LogP contribution in [-0.2, 0) is 0 Å². The van der Waals surface area contributed by atoms with Gasteiger partial charge in [0.25, 0.3) is 0 Å². The maximum atomic E-state index is 2.51. The van der Waals surface area contributed by atoms with Gasteiger partial charge in [0.05, 0.1) is 50.2 Å². The van der Waals surface area contributed by atoms with Crippen molar-refractivity contribution in [1.29, 1.82) is 0 Å². The summed E-state index contributed by atoms with van der Waals surface area (Å²) in [5, 5.41) is 2.65. The zero-order valence-corrected chi connectivity index (χ0v) is 46.0. The minimum atomic E-state index is 0.0848. The first-order chi connectivity index (χ1) is 41.2. The summed E-state index contributed by atoms with van der Waals surface area (Å²) in [5.41, 5.74) is 19.5. The molecular formula is C70H50B4N8S. The summed E-state index contributed by atoms with van der Waals surface area (Å²) in [6.07, 6.45) is 25.9. The van der Waals surface area contributed by atoms with Gasteiger partial charge in [0.1, 0.15) is 0 Å². The van der Waals surface area contributed by atoms with Gasteiger partial charge in [-0.2, -0.15) is 0 Å². The number of fused-ring (bicyclic) bond motifs is 15. The van der Waals surface area contributed by atoms with Crippen LogP contribution in [0.2, 0.25) is 0 Å². The van der Waals surface area contributed by atoms with Crippen molar-refractivity contribution in [2.45, 2.75) is 0 Å². The van der Waals surface area contributed by atoms with Gasteiger partial charge in [-0.15, -0.1) is 11.3 Å². The molecule has 0 saturated heterocycles. The molecule has 0 fully saturated rings. The lowest BCUT2D eigenvalue weighted by atomic mass is 9.71. The molecule has 18 rings (SSSR count). The molecule has 0 atom stereocenters. The van der Waals surface area contributed by atoms with Crippen molar-refractivity contribution < 1.29 is 0 Å². The minimum Gasteiger partial charge on any atom is -0.366 e. The van der Waals surface area contributed by atoms with Crippen molar-refractivity contribution in [1.82, 2.24) is 0 Å². The van der Waals surface area contributed by atoms with Crippen LogP contribution in [-0.4, -0.2) is 27.9 Å². The van der Waals surface area contributed by atoms with E-state index in [1.54, 1.807) is 0 Å². The monoisotopic (exact) mass is 1080 g/mol. The summed E-state index contributed by atoms with van der Waals surface area (Å²) in [7, 11) is 0. The van der Waals surface area contributed by atoms with Gasteiger partial charge in [-0.25, -0.2) is 0 Å². The highest BCUT2D eigenvalue weighted by Gasteiger charge is 2.44. The highest BCUT2D eigenvalue weighted by Crippen LogP contribution is 2.53. The zero-order chi connectivity index (χ0) is 54.5. The van der Waals surface area contributed by atoms with Crippen LogP contribution in [0.5, 0.6) is 0 Å². The maximum Gasteiger partial charge on any atom is 0.412 e. The SMILES string of the molecule is C1=CB2N(C=C1)c1cc(-c3ccc4c(c3)N3C=CC=CB3N4c3cccc4c3sc3ccccc34)ccc1N2c1ccccc1.C1=CB2N(C=C1)c1cc(-c3ccc4c(c3)N3C=CC=CB3N4c3ccccc3)ccc1N2c1ccccc1. The molecule has 0 N–H and O–H groups in total. The molecule has 8 aliphatic rings. The first kappa shape index (κ1) is 47.6. The molecule has 83 heavy (non-hydrogen) atoms. The lowest BCUT2D eigenvalue weighted by Gasteiger charge is -2.27. The Balaban J connectivity index is 0.000000133. The Kier molecular flexibility index (Phi) is 11.0. The molecule has 8 nitrogen and oxygen atoms in total. The Morgan fingerprint density at radius 2 is 0.590 bits per heavy atom. The molecule has 0 spiro atoms. The van der Waals surface area contributed by atoms with Gasteiger partial charge in [-0.3, -0.25) is 0 Å². The fraction of sp³-hybridized carbons (Fsp3) is 0. The second kappa shape index (κ2) is 19.2. The number of rotatable bonds is 6. The third kappa shape index (κ3) is 7.58. The van der Waals surface area contributed by atoms with Gasteiger partial charge in [0, 0.05) is 38.2 Å². The molecular weight excluding hydrogens is 1030 g/mol. The van der Waals surface area contributed by atoms with Crippen LogP contribution in [0.15, 0.2) is 304 Å². The van der Waals surface area contributed by atoms with Gasteiger partial charge >= 0.3 is 27.9 Å². The van der Waals surface area contributed by atoms with Crippen molar-refractivity contribution in [2.75, 3.05) is 38.5 Å². The van der Waals surface area contributed by atoms with Crippen molar-refractivity contribution in [3.63, 3.8) is 0 Å². The van der Waals surface area contributed by atoms with E-state index >= 15 is 0 Å². The fourth-order valence-corrected chi connectivity index (χ4v) is 14.8. The molecule has 0 aliphatic carbocycles. The van der Waals surface area contributed by atoms with Crippen LogP contribution in [0.3, 0.4) is 0 Å². The molecule has 0 radical (unpaired) electrons. The van der Waals surface area contributed by atoms with E-state index in [0.29, 0.717) is 0 Å². The van der Waals surface area contributed by atoms with Crippen molar-refractivity contribution in [2.24, 2.45) is 0 Å². The van der Waals surface area contributed by atoms with Crippen molar-refractivity contribution >= 4 is 128 Å². The van der Waals surface area contributed by atoms with Crippen LogP contribution in [0, 0.1) is 0 Å². The summed E-state index contributed by atoms with van der Waals surface area (Å²) in [6, 6.07) is 75.1. The van der Waals surface area contributed by atoms with E-state index in [1.807, 2.05) is 11.3 Å². The summed E-state index contributed by atoms with van der Waals surface area (Å²) in [6.45, 7) is 0.483. The Labute approximate surface area is 489 Å². The number of nitrogens with zero attached hydrogens (tertiary/aromatic N) is 8. The predicted octanol–water partition coefficient (Wildman–Crippen LogP) is 17.4. The number of benzene rings is 9. The third-order valence-corrected chi connectivity index (χ3v) is 18.4. The van der Waals surface area contributed by atoms with E-state index in [1.165, 1.54) is 111 Å². The quantitative estimate of drug-likeness (QED) is 0.152. The minimum absolute atomic E-state index is 0.0848. The summed E-state index contributed by atoms with van der Waals surface area (Å²) >= 11 is 1.89. The normalized spacial score (nSPS) is 16.0. The lowest BCUT2D eigenvalue weighted by molar-refractivity contribution is 1.39. The standard InChI is InChI=1S/C38H26B2N4S.C32H24B2N4/c1-2-11-29(12-3-1)43-32-19-17-27(25-35(32)41-23-8-6-21-39(41)43)28-18-20-33-36(26-28)42-24-9-7-22-40(42)44(33)34-15-10-14-31-30-13-4-5-16-37(30)45-38(31)34;1-3-11-27(12-4-1)37-29-17-15-25(23-31(29)35-21-9-7-19-33(35)37)26-16-18-30-32(24-26)36-22-10-8-20-34(36)38(30)28-13-5-2-6-14-28/h1-26H;1-24H. The Morgan fingerprint density at radius 1 is 0.253 bits per heavy atom. The molecule has 9 heterocycles. The number of hydrogen-bond acceptors (Lipinski definition) is 9. The van der Waals surface area contributed by atoms with E-state index in [4.69, 9.17) is 0 Å². The highest BCUT2D eigenvalue weighted by atomic mass is 32.1. The number of thiophene rings is 1. The highest BCUT2D eigenvalue weighted by molar-refractivity contribution is 7.26. The van der Waals surface area contributed by atoms with Gasteiger partial charge in [-0.1, -0.05) is 157 Å². The summed E-state index contributed by atoms with van der Waals surface area (Å²) in [5.74, 6) is 9.09. The van der Waals surface area contributed by atoms with E-state index in [-0.39, 0.29) is 27.9 Å². The average molecular weight is 1080 g/mol. The maximum absolute atomic E-state index is 2.51. The van der Waals surface area contributed by atoms with Crippen LogP contribution in [0.25, 0.3) is 42.4 Å². The first-order valence-electron chi connectivity index (χ1n) is 28.5. The largest absolute Gasteiger partial charge is 0.412 e. The van der Waals surface area contributed by atoms with Crippen LogP contribution in [0.4, 0.5) is 68.2 Å². The number of para-hydroxylation sites is 3. The molecule has 8 aliphatic heterocycles. The molecule has 0 saturated carbocycles. The average Bonchev–Trinajstić information content (AvgIpc) is 3.85. The molecule has 10 aromatic rings. The van der Waals surface area contributed by atoms with Crippen LogP contribution in [0.1, 0.15) is 0 Å². The number of hydrogen-bond donors (Lipinski definition) is 0.